The summed E-state index contributed by atoms with van der Waals surface area (Å²) >= 11 is 6.09. The number of nitrogens with zero attached hydrogens (tertiary/aromatic N) is 5. The van der Waals surface area contributed by atoms with E-state index in [4.69, 9.17) is 21.7 Å². The molecule has 0 atom stereocenters. The lowest BCUT2D eigenvalue weighted by atomic mass is 10.1. The first kappa shape index (κ1) is 20.3. The Labute approximate surface area is 170 Å². The Balaban J connectivity index is 0.00000109. The fourth-order valence-electron chi connectivity index (χ4n) is 3.15. The van der Waals surface area contributed by atoms with Crippen molar-refractivity contribution in [3.05, 3.63) is 41.8 Å². The molecule has 4 rings (SSSR count). The van der Waals surface area contributed by atoms with Gasteiger partial charge < -0.3 is 20.2 Å². The van der Waals surface area contributed by atoms with E-state index in [9.17, 15) is 0 Å². The number of benzene rings is 1. The van der Waals surface area contributed by atoms with Gasteiger partial charge in [0.05, 0.1) is 22.9 Å². The number of pyridine rings is 1. The summed E-state index contributed by atoms with van der Waals surface area (Å²) in [6.07, 6.45) is 3.65. The van der Waals surface area contributed by atoms with E-state index in [2.05, 4.69) is 38.2 Å². The van der Waals surface area contributed by atoms with Gasteiger partial charge in [-0.25, -0.2) is 9.97 Å². The molecule has 28 heavy (non-hydrogen) atoms. The number of hydrogen-bond acceptors (Lipinski definition) is 7. The van der Waals surface area contributed by atoms with Crippen LogP contribution in [0.3, 0.4) is 0 Å². The molecule has 2 N–H and O–H groups in total. The van der Waals surface area contributed by atoms with Gasteiger partial charge in [0.1, 0.15) is 5.82 Å². The van der Waals surface area contributed by atoms with Crippen LogP contribution in [0.4, 0.5) is 11.5 Å². The fourth-order valence-corrected chi connectivity index (χ4v) is 3.35. The van der Waals surface area contributed by atoms with Gasteiger partial charge in [-0.3, -0.25) is 4.98 Å². The summed E-state index contributed by atoms with van der Waals surface area (Å²) in [5, 5.41) is 10.5. The molecule has 1 fully saturated rings. The number of aromatic nitrogens is 3. The summed E-state index contributed by atoms with van der Waals surface area (Å²) < 4.78 is 0. The first-order valence-electron chi connectivity index (χ1n) is 9.13. The highest BCUT2D eigenvalue weighted by Crippen LogP contribution is 2.28. The number of piperazine rings is 1. The number of hydrogen-bond donors (Lipinski definition) is 2. The average Bonchev–Trinajstić information content (AvgIpc) is 2.75. The van der Waals surface area contributed by atoms with Crippen LogP contribution in [0.15, 0.2) is 36.7 Å². The quantitative estimate of drug-likeness (QED) is 0.654. The van der Waals surface area contributed by atoms with E-state index < -0.39 is 0 Å². The lowest BCUT2D eigenvalue weighted by molar-refractivity contribution is 0.312. The Morgan fingerprint density at radius 2 is 1.71 bits per heavy atom. The molecule has 1 aliphatic rings. The largest absolute Gasteiger partial charge is 0.400 e. The molecular formula is C20H25ClN6O. The molecule has 0 amide bonds. The van der Waals surface area contributed by atoms with Crippen LogP contribution in [-0.2, 0) is 0 Å². The second-order valence-electron chi connectivity index (χ2n) is 6.53. The third kappa shape index (κ3) is 4.32. The molecule has 1 aliphatic heterocycles. The molecular weight excluding hydrogens is 376 g/mol. The highest BCUT2D eigenvalue weighted by Gasteiger charge is 2.16. The Hall–Kier alpha value is -2.48. The molecule has 2 aromatic heterocycles. The molecule has 1 saturated heterocycles. The molecule has 0 spiro atoms. The number of nitrogens with one attached hydrogen (secondary N) is 1. The Morgan fingerprint density at radius 1 is 0.964 bits per heavy atom. The third-order valence-corrected chi connectivity index (χ3v) is 5.10. The molecule has 148 valence electrons. The van der Waals surface area contributed by atoms with Crippen LogP contribution in [-0.4, -0.2) is 72.3 Å². The van der Waals surface area contributed by atoms with Crippen LogP contribution in [0.25, 0.3) is 22.2 Å². The maximum Gasteiger partial charge on any atom is 0.152 e. The first-order chi connectivity index (χ1) is 13.6. The highest BCUT2D eigenvalue weighted by molar-refractivity contribution is 6.32. The van der Waals surface area contributed by atoms with Gasteiger partial charge in [0.15, 0.2) is 5.15 Å². The Bertz CT molecular complexity index is 943. The number of aliphatic hydroxyl groups excluding tert-OH is 1. The molecule has 0 radical (unpaired) electrons. The van der Waals surface area contributed by atoms with E-state index in [1.165, 1.54) is 0 Å². The van der Waals surface area contributed by atoms with Crippen molar-refractivity contribution >= 4 is 34.1 Å². The summed E-state index contributed by atoms with van der Waals surface area (Å²) in [6, 6.07) is 8.09. The average molecular weight is 401 g/mol. The van der Waals surface area contributed by atoms with E-state index in [-0.39, 0.29) is 0 Å². The minimum absolute atomic E-state index is 0.467. The Morgan fingerprint density at radius 3 is 2.43 bits per heavy atom. The molecule has 3 aromatic rings. The maximum absolute atomic E-state index is 7.00. The van der Waals surface area contributed by atoms with E-state index in [1.807, 2.05) is 31.4 Å². The number of anilines is 2. The maximum atomic E-state index is 7.00. The number of rotatable bonds is 3. The van der Waals surface area contributed by atoms with Crippen molar-refractivity contribution in [1.29, 1.82) is 0 Å². The summed E-state index contributed by atoms with van der Waals surface area (Å²) in [6.45, 7) is 4.04. The first-order valence-corrected chi connectivity index (χ1v) is 9.50. The smallest absolute Gasteiger partial charge is 0.152 e. The van der Waals surface area contributed by atoms with Crippen LogP contribution >= 0.6 is 11.6 Å². The van der Waals surface area contributed by atoms with E-state index in [0.717, 1.165) is 67.0 Å². The van der Waals surface area contributed by atoms with Gasteiger partial charge in [0, 0.05) is 52.1 Å². The number of aliphatic hydroxyl groups is 1. The molecule has 3 heterocycles. The van der Waals surface area contributed by atoms with Gasteiger partial charge in [0.25, 0.3) is 0 Å². The van der Waals surface area contributed by atoms with Gasteiger partial charge in [0.2, 0.25) is 0 Å². The van der Waals surface area contributed by atoms with Crippen molar-refractivity contribution in [2.75, 3.05) is 57.6 Å². The van der Waals surface area contributed by atoms with Gasteiger partial charge in [-0.15, -0.1) is 0 Å². The van der Waals surface area contributed by atoms with Gasteiger partial charge in [-0.1, -0.05) is 17.7 Å². The SMILES string of the molecule is CNc1cc(-c2ccc3ncc(N4CCN(C)CC4)nc3c2)cnc1Cl.CO. The van der Waals surface area contributed by atoms with Crippen molar-refractivity contribution in [3.63, 3.8) is 0 Å². The second kappa shape index (κ2) is 9.14. The number of fused-ring (bicyclic) bond motifs is 1. The van der Waals surface area contributed by atoms with Crippen LogP contribution < -0.4 is 10.2 Å². The number of halogens is 1. The standard InChI is InChI=1S/C19H21ClN6.CH4O/c1-21-17-10-14(11-23-19(17)20)13-3-4-15-16(9-13)24-18(12-22-15)26-7-5-25(2)6-8-26;1-2/h3-4,9-12,21H,5-8H2,1-2H3;2H,1H3. The summed E-state index contributed by atoms with van der Waals surface area (Å²) in [5.41, 5.74) is 4.62. The lowest BCUT2D eigenvalue weighted by Gasteiger charge is -2.33. The predicted molar refractivity (Wildman–Crippen MR) is 115 cm³/mol. The zero-order valence-corrected chi connectivity index (χ0v) is 17.1. The minimum Gasteiger partial charge on any atom is -0.400 e. The van der Waals surface area contributed by atoms with Crippen LogP contribution in [0.5, 0.6) is 0 Å². The second-order valence-corrected chi connectivity index (χ2v) is 6.89. The lowest BCUT2D eigenvalue weighted by Crippen LogP contribution is -2.44. The zero-order valence-electron chi connectivity index (χ0n) is 16.4. The molecule has 0 bridgehead atoms. The molecule has 8 heteroatoms. The zero-order chi connectivity index (χ0) is 20.1. The minimum atomic E-state index is 0.467. The summed E-state index contributed by atoms with van der Waals surface area (Å²) in [7, 11) is 4.98. The third-order valence-electron chi connectivity index (χ3n) is 4.80. The van der Waals surface area contributed by atoms with E-state index >= 15 is 0 Å². The van der Waals surface area contributed by atoms with Crippen molar-refractivity contribution in [1.82, 2.24) is 19.9 Å². The van der Waals surface area contributed by atoms with Crippen molar-refractivity contribution in [2.24, 2.45) is 0 Å². The van der Waals surface area contributed by atoms with Crippen LogP contribution in [0.2, 0.25) is 5.15 Å². The summed E-state index contributed by atoms with van der Waals surface area (Å²) in [4.78, 5) is 18.3. The predicted octanol–water partition coefficient (Wildman–Crippen LogP) is 2.75. The van der Waals surface area contributed by atoms with Crippen molar-refractivity contribution in [3.8, 4) is 11.1 Å². The summed E-state index contributed by atoms with van der Waals surface area (Å²) in [5.74, 6) is 0.938. The van der Waals surface area contributed by atoms with Crippen LogP contribution in [0, 0.1) is 0 Å². The molecule has 0 unspecified atom stereocenters. The van der Waals surface area contributed by atoms with Gasteiger partial charge in [-0.05, 0) is 30.8 Å². The van der Waals surface area contributed by atoms with Gasteiger partial charge in [-0.2, -0.15) is 0 Å². The molecule has 0 aliphatic carbocycles. The van der Waals surface area contributed by atoms with Crippen molar-refractivity contribution in [2.45, 2.75) is 0 Å². The normalized spacial score (nSPS) is 14.5. The van der Waals surface area contributed by atoms with Gasteiger partial charge >= 0.3 is 0 Å². The topological polar surface area (TPSA) is 77.4 Å². The number of likely N-dealkylation sites (N-methyl/N-ethyl adjacent to an activating group) is 1. The Kier molecular flexibility index (Phi) is 6.61. The van der Waals surface area contributed by atoms with Crippen LogP contribution in [0.1, 0.15) is 0 Å². The molecule has 1 aromatic carbocycles. The molecule has 7 nitrogen and oxygen atoms in total. The molecule has 0 saturated carbocycles. The van der Waals surface area contributed by atoms with E-state index in [1.54, 1.807) is 6.20 Å². The highest BCUT2D eigenvalue weighted by atomic mass is 35.5. The monoisotopic (exact) mass is 400 g/mol. The van der Waals surface area contributed by atoms with E-state index in [0.29, 0.717) is 5.15 Å². The van der Waals surface area contributed by atoms with Crippen molar-refractivity contribution < 1.29 is 5.11 Å². The fraction of sp³-hybridized carbons (Fsp3) is 0.350.